The fraction of sp³-hybridized carbons (Fsp3) is 0.235. The molecule has 19 heavy (non-hydrogen) atoms. The van der Waals surface area contributed by atoms with E-state index < -0.39 is 0 Å². The fourth-order valence-electron chi connectivity index (χ4n) is 2.71. The Morgan fingerprint density at radius 1 is 1.05 bits per heavy atom. The highest BCUT2D eigenvalue weighted by Gasteiger charge is 2.30. The largest absolute Gasteiger partial charge is 0.334 e. The fourth-order valence-corrected chi connectivity index (χ4v) is 2.71. The third-order valence-corrected chi connectivity index (χ3v) is 3.91. The average Bonchev–Trinajstić information content (AvgIpc) is 2.44. The van der Waals surface area contributed by atoms with Crippen LogP contribution in [0.5, 0.6) is 0 Å². The van der Waals surface area contributed by atoms with Crippen molar-refractivity contribution < 1.29 is 4.79 Å². The second-order valence-corrected chi connectivity index (χ2v) is 5.20. The number of rotatable bonds is 1. The number of amides is 1. The van der Waals surface area contributed by atoms with Crippen molar-refractivity contribution in [2.45, 2.75) is 19.4 Å². The number of likely N-dealkylation sites (N-methyl/N-ethyl adjacent to an activating group) is 1. The van der Waals surface area contributed by atoms with Crippen LogP contribution in [0, 0.1) is 6.92 Å². The van der Waals surface area contributed by atoms with E-state index in [1.54, 1.807) is 0 Å². The number of fused-ring (bicyclic) bond motifs is 1. The summed E-state index contributed by atoms with van der Waals surface area (Å²) in [6.45, 7) is 2.08. The summed E-state index contributed by atoms with van der Waals surface area (Å²) in [4.78, 5) is 14.2. The molecule has 0 saturated carbocycles. The molecular formula is C17H17NO. The number of carbonyl (C=O) groups is 1. The van der Waals surface area contributed by atoms with Gasteiger partial charge in [-0.15, -0.1) is 0 Å². The van der Waals surface area contributed by atoms with Crippen LogP contribution in [0.15, 0.2) is 48.5 Å². The van der Waals surface area contributed by atoms with E-state index in [4.69, 9.17) is 0 Å². The Kier molecular flexibility index (Phi) is 2.86. The van der Waals surface area contributed by atoms with Gasteiger partial charge in [-0.05, 0) is 30.5 Å². The van der Waals surface area contributed by atoms with Crippen molar-refractivity contribution in [1.82, 2.24) is 4.90 Å². The first-order valence-corrected chi connectivity index (χ1v) is 6.58. The van der Waals surface area contributed by atoms with E-state index in [0.29, 0.717) is 0 Å². The molecule has 0 N–H and O–H groups in total. The van der Waals surface area contributed by atoms with Crippen molar-refractivity contribution in [2.24, 2.45) is 0 Å². The maximum absolute atomic E-state index is 12.4. The Bertz CT molecular complexity index is 615. The van der Waals surface area contributed by atoms with Gasteiger partial charge in [-0.3, -0.25) is 4.79 Å². The quantitative estimate of drug-likeness (QED) is 0.761. The molecule has 1 atom stereocenters. The Morgan fingerprint density at radius 3 is 2.47 bits per heavy atom. The smallest absolute Gasteiger partial charge is 0.254 e. The van der Waals surface area contributed by atoms with E-state index in [0.717, 1.165) is 17.5 Å². The lowest BCUT2D eigenvalue weighted by molar-refractivity contribution is 0.0705. The summed E-state index contributed by atoms with van der Waals surface area (Å²) in [6.07, 6.45) is 0.890. The minimum Gasteiger partial charge on any atom is -0.334 e. The van der Waals surface area contributed by atoms with Crippen LogP contribution in [0.2, 0.25) is 0 Å². The molecule has 2 aromatic rings. The van der Waals surface area contributed by atoms with Gasteiger partial charge in [0, 0.05) is 12.6 Å². The van der Waals surface area contributed by atoms with Crippen LogP contribution in [-0.2, 0) is 6.42 Å². The summed E-state index contributed by atoms with van der Waals surface area (Å²) in [5, 5.41) is 0. The number of hydrogen-bond acceptors (Lipinski definition) is 1. The lowest BCUT2D eigenvalue weighted by atomic mass is 9.89. The van der Waals surface area contributed by atoms with Gasteiger partial charge in [0.05, 0.1) is 6.04 Å². The Balaban J connectivity index is 2.01. The average molecular weight is 251 g/mol. The van der Waals surface area contributed by atoms with Gasteiger partial charge in [-0.25, -0.2) is 0 Å². The number of nitrogens with zero attached hydrogens (tertiary/aromatic N) is 1. The van der Waals surface area contributed by atoms with Gasteiger partial charge in [-0.2, -0.15) is 0 Å². The van der Waals surface area contributed by atoms with Crippen LogP contribution in [-0.4, -0.2) is 17.9 Å². The summed E-state index contributed by atoms with van der Waals surface area (Å²) in [6, 6.07) is 16.5. The molecule has 0 radical (unpaired) electrons. The van der Waals surface area contributed by atoms with Crippen LogP contribution in [0.25, 0.3) is 0 Å². The topological polar surface area (TPSA) is 20.3 Å². The highest BCUT2D eigenvalue weighted by atomic mass is 16.2. The first kappa shape index (κ1) is 12.0. The maximum atomic E-state index is 12.4. The van der Waals surface area contributed by atoms with Crippen molar-refractivity contribution >= 4 is 5.91 Å². The monoisotopic (exact) mass is 251 g/mol. The van der Waals surface area contributed by atoms with Crippen LogP contribution < -0.4 is 0 Å². The molecular weight excluding hydrogens is 234 g/mol. The molecule has 1 aliphatic rings. The zero-order valence-electron chi connectivity index (χ0n) is 11.3. The third kappa shape index (κ3) is 2.03. The van der Waals surface area contributed by atoms with Gasteiger partial charge < -0.3 is 4.90 Å². The molecule has 0 fully saturated rings. The first-order valence-electron chi connectivity index (χ1n) is 6.58. The van der Waals surface area contributed by atoms with Crippen LogP contribution in [0.3, 0.4) is 0 Å². The molecule has 0 saturated heterocycles. The first-order chi connectivity index (χ1) is 9.16. The SMILES string of the molecule is Cc1ccc(C2Cc3ccccc3C(=O)N2C)cc1. The predicted octanol–water partition coefficient (Wildman–Crippen LogP) is 3.36. The molecule has 2 aromatic carbocycles. The van der Waals surface area contributed by atoms with Crippen LogP contribution in [0.1, 0.15) is 33.1 Å². The molecule has 1 unspecified atom stereocenters. The number of benzene rings is 2. The van der Waals surface area contributed by atoms with Gasteiger partial charge in [-0.1, -0.05) is 48.0 Å². The molecule has 1 amide bonds. The van der Waals surface area contributed by atoms with Crippen molar-refractivity contribution in [3.63, 3.8) is 0 Å². The molecule has 0 aromatic heterocycles. The van der Waals surface area contributed by atoms with Crippen LogP contribution >= 0.6 is 0 Å². The number of hydrogen-bond donors (Lipinski definition) is 0. The van der Waals surface area contributed by atoms with E-state index >= 15 is 0 Å². The molecule has 0 spiro atoms. The van der Waals surface area contributed by atoms with Crippen LogP contribution in [0.4, 0.5) is 0 Å². The molecule has 0 bridgehead atoms. The third-order valence-electron chi connectivity index (χ3n) is 3.91. The van der Waals surface area contributed by atoms with E-state index in [1.165, 1.54) is 11.1 Å². The van der Waals surface area contributed by atoms with Crippen molar-refractivity contribution in [3.05, 3.63) is 70.8 Å². The molecule has 1 heterocycles. The predicted molar refractivity (Wildman–Crippen MR) is 76.2 cm³/mol. The van der Waals surface area contributed by atoms with E-state index in [9.17, 15) is 4.79 Å². The zero-order chi connectivity index (χ0) is 13.4. The number of aryl methyl sites for hydroxylation is 1. The van der Waals surface area contributed by atoms with Gasteiger partial charge in [0.15, 0.2) is 0 Å². The second kappa shape index (κ2) is 4.54. The molecule has 96 valence electrons. The highest BCUT2D eigenvalue weighted by Crippen LogP contribution is 2.31. The van der Waals surface area contributed by atoms with Gasteiger partial charge in [0.1, 0.15) is 0 Å². The molecule has 0 aliphatic carbocycles. The summed E-state index contributed by atoms with van der Waals surface area (Å²) in [5.41, 5.74) is 4.44. The minimum absolute atomic E-state index is 0.118. The Hall–Kier alpha value is -2.09. The van der Waals surface area contributed by atoms with Gasteiger partial charge in [0.2, 0.25) is 0 Å². The summed E-state index contributed by atoms with van der Waals surface area (Å²) >= 11 is 0. The minimum atomic E-state index is 0.118. The van der Waals surface area contributed by atoms with Gasteiger partial charge >= 0.3 is 0 Å². The Morgan fingerprint density at radius 2 is 1.74 bits per heavy atom. The molecule has 1 aliphatic heterocycles. The van der Waals surface area contributed by atoms with Gasteiger partial charge in [0.25, 0.3) is 5.91 Å². The van der Waals surface area contributed by atoms with E-state index in [2.05, 4.69) is 37.3 Å². The standard InChI is InChI=1S/C17H17NO/c1-12-7-9-13(10-8-12)16-11-14-5-3-4-6-15(14)17(19)18(16)2/h3-10,16H,11H2,1-2H3. The van der Waals surface area contributed by atoms with Crippen molar-refractivity contribution in [1.29, 1.82) is 0 Å². The molecule has 2 nitrogen and oxygen atoms in total. The summed E-state index contributed by atoms with van der Waals surface area (Å²) < 4.78 is 0. The Labute approximate surface area is 113 Å². The zero-order valence-corrected chi connectivity index (χ0v) is 11.3. The lowest BCUT2D eigenvalue weighted by Crippen LogP contribution is -2.37. The molecule has 2 heteroatoms. The molecule has 3 rings (SSSR count). The summed E-state index contributed by atoms with van der Waals surface area (Å²) in [5.74, 6) is 0.118. The normalized spacial score (nSPS) is 18.3. The maximum Gasteiger partial charge on any atom is 0.254 e. The number of carbonyl (C=O) groups excluding carboxylic acids is 1. The van der Waals surface area contributed by atoms with E-state index in [1.807, 2.05) is 30.1 Å². The van der Waals surface area contributed by atoms with Crippen molar-refractivity contribution in [3.8, 4) is 0 Å². The second-order valence-electron chi connectivity index (χ2n) is 5.20. The summed E-state index contributed by atoms with van der Waals surface area (Å²) in [7, 11) is 1.89. The van der Waals surface area contributed by atoms with E-state index in [-0.39, 0.29) is 11.9 Å². The lowest BCUT2D eigenvalue weighted by Gasteiger charge is -2.34. The highest BCUT2D eigenvalue weighted by molar-refractivity contribution is 5.97. The van der Waals surface area contributed by atoms with Crippen molar-refractivity contribution in [2.75, 3.05) is 7.05 Å².